The van der Waals surface area contributed by atoms with E-state index >= 15 is 0 Å². The largest absolute Gasteiger partial charge is 0.493 e. The van der Waals surface area contributed by atoms with Gasteiger partial charge in [-0.3, -0.25) is 14.5 Å². The fourth-order valence-electron chi connectivity index (χ4n) is 4.00. The maximum absolute atomic E-state index is 12.8. The number of ether oxygens (including phenoxy) is 1. The molecular weight excluding hydrogens is 362 g/mol. The van der Waals surface area contributed by atoms with Crippen molar-refractivity contribution in [3.05, 3.63) is 40.2 Å². The highest BCUT2D eigenvalue weighted by atomic mass is 16.5. The van der Waals surface area contributed by atoms with Gasteiger partial charge in [-0.15, -0.1) is 0 Å². The molecule has 3 heterocycles. The van der Waals surface area contributed by atoms with Gasteiger partial charge >= 0.3 is 5.63 Å². The lowest BCUT2D eigenvalue weighted by molar-refractivity contribution is -0.123. The van der Waals surface area contributed by atoms with Gasteiger partial charge in [0, 0.05) is 30.4 Å². The van der Waals surface area contributed by atoms with Crippen molar-refractivity contribution in [2.24, 2.45) is 11.7 Å². The van der Waals surface area contributed by atoms with Crippen LogP contribution in [0.15, 0.2) is 33.5 Å². The van der Waals surface area contributed by atoms with Crippen LogP contribution in [-0.4, -0.2) is 60.9 Å². The first-order valence-electron chi connectivity index (χ1n) is 9.41. The van der Waals surface area contributed by atoms with Gasteiger partial charge in [0.2, 0.25) is 5.91 Å². The van der Waals surface area contributed by atoms with E-state index in [2.05, 4.69) is 4.90 Å². The number of hydrogen-bond donors (Lipinski definition) is 1. The van der Waals surface area contributed by atoms with Gasteiger partial charge in [-0.2, -0.15) is 0 Å². The minimum atomic E-state index is -0.660. The SMILES string of the molecule is COc1cccc2cc(C(=O)N3CC(N4CCC(C(N)=O)CC4)C3)c(=O)oc12. The van der Waals surface area contributed by atoms with Crippen LogP contribution in [0, 0.1) is 5.92 Å². The first-order chi connectivity index (χ1) is 13.5. The quantitative estimate of drug-likeness (QED) is 0.781. The van der Waals surface area contributed by atoms with Crippen molar-refractivity contribution in [3.8, 4) is 5.75 Å². The van der Waals surface area contributed by atoms with Crippen LogP contribution in [0.3, 0.4) is 0 Å². The highest BCUT2D eigenvalue weighted by molar-refractivity contribution is 5.97. The van der Waals surface area contributed by atoms with Gasteiger partial charge < -0.3 is 19.8 Å². The number of piperidine rings is 1. The number of primary amides is 1. The van der Waals surface area contributed by atoms with Crippen molar-refractivity contribution in [1.82, 2.24) is 9.80 Å². The summed E-state index contributed by atoms with van der Waals surface area (Å²) >= 11 is 0. The number of fused-ring (bicyclic) bond motifs is 1. The summed E-state index contributed by atoms with van der Waals surface area (Å²) < 4.78 is 10.6. The molecule has 0 aliphatic carbocycles. The Bertz CT molecular complexity index is 971. The second-order valence-electron chi connectivity index (χ2n) is 7.40. The van der Waals surface area contributed by atoms with Crippen LogP contribution in [0.1, 0.15) is 23.2 Å². The summed E-state index contributed by atoms with van der Waals surface area (Å²) in [5.74, 6) is -0.142. The van der Waals surface area contributed by atoms with Crippen molar-refractivity contribution in [3.63, 3.8) is 0 Å². The van der Waals surface area contributed by atoms with Crippen LogP contribution in [0.2, 0.25) is 0 Å². The smallest absolute Gasteiger partial charge is 0.349 e. The second-order valence-corrected chi connectivity index (χ2v) is 7.40. The summed E-state index contributed by atoms with van der Waals surface area (Å²) in [6, 6.07) is 7.08. The maximum Gasteiger partial charge on any atom is 0.349 e. The van der Waals surface area contributed by atoms with Gasteiger partial charge in [0.15, 0.2) is 11.3 Å². The third-order valence-electron chi connectivity index (χ3n) is 5.77. The van der Waals surface area contributed by atoms with Gasteiger partial charge in [0.25, 0.3) is 5.91 Å². The zero-order valence-electron chi connectivity index (χ0n) is 15.7. The number of hydrogen-bond acceptors (Lipinski definition) is 6. The zero-order chi connectivity index (χ0) is 19.8. The maximum atomic E-state index is 12.8. The van der Waals surface area contributed by atoms with Crippen LogP contribution < -0.4 is 16.1 Å². The number of likely N-dealkylation sites (tertiary alicyclic amines) is 2. The van der Waals surface area contributed by atoms with Gasteiger partial charge in [-0.1, -0.05) is 12.1 Å². The fourth-order valence-corrected chi connectivity index (χ4v) is 4.00. The number of para-hydroxylation sites is 1. The molecule has 0 radical (unpaired) electrons. The Morgan fingerprint density at radius 2 is 1.93 bits per heavy atom. The number of rotatable bonds is 4. The molecule has 28 heavy (non-hydrogen) atoms. The molecule has 0 atom stereocenters. The topological polar surface area (TPSA) is 106 Å². The molecule has 1 aromatic heterocycles. The van der Waals surface area contributed by atoms with Gasteiger partial charge in [-0.25, -0.2) is 4.79 Å². The van der Waals surface area contributed by atoms with E-state index in [4.69, 9.17) is 14.9 Å². The van der Waals surface area contributed by atoms with Crippen molar-refractivity contribution < 1.29 is 18.7 Å². The summed E-state index contributed by atoms with van der Waals surface area (Å²) in [6.07, 6.45) is 1.52. The minimum absolute atomic E-state index is 0.0339. The lowest BCUT2D eigenvalue weighted by Crippen LogP contribution is -2.62. The van der Waals surface area contributed by atoms with Crippen LogP contribution in [0.25, 0.3) is 11.0 Å². The number of methoxy groups -OCH3 is 1. The molecule has 8 heteroatoms. The monoisotopic (exact) mass is 385 g/mol. The molecule has 8 nitrogen and oxygen atoms in total. The fraction of sp³-hybridized carbons (Fsp3) is 0.450. The molecule has 2 saturated heterocycles. The van der Waals surface area contributed by atoms with E-state index in [9.17, 15) is 14.4 Å². The lowest BCUT2D eigenvalue weighted by Gasteiger charge is -2.47. The normalized spacial score (nSPS) is 18.8. The molecule has 2 aliphatic rings. The van der Waals surface area contributed by atoms with E-state index in [1.165, 1.54) is 7.11 Å². The molecule has 2 aliphatic heterocycles. The first-order valence-corrected chi connectivity index (χ1v) is 9.41. The van der Waals surface area contributed by atoms with Crippen molar-refractivity contribution in [2.75, 3.05) is 33.3 Å². The third-order valence-corrected chi connectivity index (χ3v) is 5.77. The lowest BCUT2D eigenvalue weighted by atomic mass is 9.93. The van der Waals surface area contributed by atoms with Crippen LogP contribution >= 0.6 is 0 Å². The number of nitrogens with zero attached hydrogens (tertiary/aromatic N) is 2. The van der Waals surface area contributed by atoms with Gasteiger partial charge in [0.05, 0.1) is 7.11 Å². The van der Waals surface area contributed by atoms with Crippen molar-refractivity contribution in [1.29, 1.82) is 0 Å². The summed E-state index contributed by atoms with van der Waals surface area (Å²) in [7, 11) is 1.50. The first kappa shape index (κ1) is 18.5. The van der Waals surface area contributed by atoms with Crippen molar-refractivity contribution in [2.45, 2.75) is 18.9 Å². The molecule has 0 bridgehead atoms. The Labute approximate surface area is 161 Å². The van der Waals surface area contributed by atoms with E-state index in [1.807, 2.05) is 0 Å². The minimum Gasteiger partial charge on any atom is -0.493 e. The Balaban J connectivity index is 1.43. The summed E-state index contributed by atoms with van der Waals surface area (Å²) in [4.78, 5) is 40.3. The summed E-state index contributed by atoms with van der Waals surface area (Å²) in [5.41, 5.74) is 5.09. The average Bonchev–Trinajstić information content (AvgIpc) is 2.66. The number of nitrogens with two attached hydrogens (primary N) is 1. The second kappa shape index (κ2) is 7.27. The standard InChI is InChI=1S/C20H23N3O5/c1-27-16-4-2-3-13-9-15(20(26)28-17(13)16)19(25)23-10-14(11-23)22-7-5-12(6-8-22)18(21)24/h2-4,9,12,14H,5-8,10-11H2,1H3,(H2,21,24). The number of amides is 2. The van der Waals surface area contributed by atoms with E-state index in [0.717, 1.165) is 25.9 Å². The van der Waals surface area contributed by atoms with Crippen molar-refractivity contribution >= 4 is 22.8 Å². The molecule has 4 rings (SSSR count). The molecule has 0 saturated carbocycles. The average molecular weight is 385 g/mol. The van der Waals surface area contributed by atoms with Gasteiger partial charge in [0.1, 0.15) is 5.56 Å². The van der Waals surface area contributed by atoms with E-state index in [0.29, 0.717) is 29.8 Å². The molecule has 0 unspecified atom stereocenters. The molecule has 2 amide bonds. The van der Waals surface area contributed by atoms with Crippen LogP contribution in [0.5, 0.6) is 5.75 Å². The Hall–Kier alpha value is -2.87. The van der Waals surface area contributed by atoms with E-state index < -0.39 is 5.63 Å². The number of carbonyl (C=O) groups is 2. The predicted molar refractivity (Wildman–Crippen MR) is 102 cm³/mol. The molecule has 2 aromatic rings. The Morgan fingerprint density at radius 1 is 1.21 bits per heavy atom. The zero-order valence-corrected chi connectivity index (χ0v) is 15.7. The van der Waals surface area contributed by atoms with E-state index in [1.54, 1.807) is 29.2 Å². The van der Waals surface area contributed by atoms with Gasteiger partial charge in [-0.05, 0) is 38.1 Å². The molecule has 0 spiro atoms. The highest BCUT2D eigenvalue weighted by Gasteiger charge is 2.38. The summed E-state index contributed by atoms with van der Waals surface area (Å²) in [6.45, 7) is 2.74. The Kier molecular flexibility index (Phi) is 4.80. The Morgan fingerprint density at radius 3 is 2.57 bits per heavy atom. The number of carbonyl (C=O) groups excluding carboxylic acids is 2. The van der Waals surface area contributed by atoms with Crippen LogP contribution in [-0.2, 0) is 4.79 Å². The predicted octanol–water partition coefficient (Wildman–Crippen LogP) is 0.823. The number of benzene rings is 1. The third kappa shape index (κ3) is 3.24. The van der Waals surface area contributed by atoms with Crippen LogP contribution in [0.4, 0.5) is 0 Å². The molecule has 2 fully saturated rings. The molecule has 148 valence electrons. The molecule has 1 aromatic carbocycles. The molecular formula is C20H23N3O5. The highest BCUT2D eigenvalue weighted by Crippen LogP contribution is 2.27. The molecule has 2 N–H and O–H groups in total. The van der Waals surface area contributed by atoms with E-state index in [-0.39, 0.29) is 29.3 Å². The summed E-state index contributed by atoms with van der Waals surface area (Å²) in [5, 5.41) is 0.646.